The fourth-order valence-corrected chi connectivity index (χ4v) is 11.7. The van der Waals surface area contributed by atoms with E-state index >= 15 is 0 Å². The molecule has 0 aliphatic heterocycles. The SMILES string of the molecule is CCCCCCCCC/C=C\CCCCCCCCCC(=O)OCCCCCCCCCCCCCCCC/C=C\CCCCCCCCCCCCCCCCCCCC(=O)NC(CO)C(O)/C=C/CCCCCCCCCCCC. The van der Waals surface area contributed by atoms with Crippen molar-refractivity contribution in [3.05, 3.63) is 36.5 Å². The Hall–Kier alpha value is -1.92. The molecule has 0 rings (SSSR count). The van der Waals surface area contributed by atoms with Crippen LogP contribution in [0.3, 0.4) is 0 Å². The largest absolute Gasteiger partial charge is 0.466 e. The molecule has 0 heterocycles. The van der Waals surface area contributed by atoms with Gasteiger partial charge >= 0.3 is 5.97 Å². The summed E-state index contributed by atoms with van der Waals surface area (Å²) >= 11 is 0. The van der Waals surface area contributed by atoms with Gasteiger partial charge in [0.1, 0.15) is 0 Å². The summed E-state index contributed by atoms with van der Waals surface area (Å²) in [5.41, 5.74) is 0. The molecule has 0 spiro atoms. The highest BCUT2D eigenvalue weighted by Crippen LogP contribution is 2.19. The Morgan fingerprint density at radius 2 is 0.573 bits per heavy atom. The number of aliphatic hydroxyl groups excluding tert-OH is 2. The Bertz CT molecular complexity index is 1330. The molecule has 0 aliphatic rings. The number of carbonyl (C=O) groups excluding carboxylic acids is 2. The van der Waals surface area contributed by atoms with Crippen molar-refractivity contribution in [3.63, 3.8) is 0 Å². The maximum absolute atomic E-state index is 12.5. The Balaban J connectivity index is 3.33. The van der Waals surface area contributed by atoms with Gasteiger partial charge in [0.25, 0.3) is 0 Å². The number of esters is 1. The molecule has 0 fully saturated rings. The van der Waals surface area contributed by atoms with Gasteiger partial charge in [0.2, 0.25) is 5.91 Å². The Morgan fingerprint density at radius 3 is 0.866 bits per heavy atom. The maximum atomic E-state index is 12.5. The van der Waals surface area contributed by atoms with Crippen LogP contribution in [0.5, 0.6) is 0 Å². The van der Waals surface area contributed by atoms with Gasteiger partial charge in [-0.1, -0.05) is 352 Å². The van der Waals surface area contributed by atoms with Gasteiger partial charge in [-0.05, 0) is 83.5 Å². The number of ether oxygens (including phenoxy) is 1. The summed E-state index contributed by atoms with van der Waals surface area (Å²) in [6.07, 6.45) is 92.6. The molecule has 3 N–H and O–H groups in total. The molecule has 1 amide bonds. The first kappa shape index (κ1) is 80.1. The van der Waals surface area contributed by atoms with Crippen molar-refractivity contribution in [2.24, 2.45) is 0 Å². The first-order chi connectivity index (χ1) is 40.5. The molecule has 6 nitrogen and oxygen atoms in total. The third kappa shape index (κ3) is 67.2. The fourth-order valence-electron chi connectivity index (χ4n) is 11.7. The molecule has 0 aromatic carbocycles. The quantitative estimate of drug-likeness (QED) is 0.0320. The van der Waals surface area contributed by atoms with Crippen molar-refractivity contribution < 1.29 is 24.5 Å². The van der Waals surface area contributed by atoms with E-state index in [0.29, 0.717) is 19.4 Å². The minimum absolute atomic E-state index is 0.0176. The third-order valence-electron chi connectivity index (χ3n) is 17.4. The van der Waals surface area contributed by atoms with E-state index in [0.717, 1.165) is 44.9 Å². The minimum Gasteiger partial charge on any atom is -0.466 e. The smallest absolute Gasteiger partial charge is 0.305 e. The molecular formula is C76H145NO5. The van der Waals surface area contributed by atoms with Gasteiger partial charge in [-0.25, -0.2) is 0 Å². The van der Waals surface area contributed by atoms with Crippen LogP contribution in [-0.4, -0.2) is 47.4 Å². The lowest BCUT2D eigenvalue weighted by molar-refractivity contribution is -0.143. The molecule has 0 saturated carbocycles. The molecule has 0 saturated heterocycles. The number of nitrogens with one attached hydrogen (secondary N) is 1. The number of hydrogen-bond acceptors (Lipinski definition) is 5. The molecule has 0 aromatic rings. The predicted octanol–water partition coefficient (Wildman–Crippen LogP) is 24.3. The average Bonchev–Trinajstić information content (AvgIpc) is 3.48. The maximum Gasteiger partial charge on any atom is 0.305 e. The number of carbonyl (C=O) groups is 2. The van der Waals surface area contributed by atoms with Crippen LogP contribution in [0.15, 0.2) is 36.5 Å². The molecule has 0 aromatic heterocycles. The summed E-state index contributed by atoms with van der Waals surface area (Å²) in [5, 5.41) is 23.1. The standard InChI is InChI=1S/C76H145NO5/c1-3-5-7-9-11-13-15-17-18-19-40-43-46-50-54-58-62-66-70-76(81)82-71-67-63-59-55-51-47-44-41-38-36-34-32-30-28-26-24-22-20-21-23-25-27-29-31-33-35-37-39-42-45-49-53-57-61-65-69-75(80)77-73(72-78)74(79)68-64-60-56-52-48-16-14-12-10-8-6-4-2/h18-19,22,24,64,68,73-74,78-79H,3-17,20-21,23,25-63,65-67,69-72H2,1-2H3,(H,77,80)/b19-18-,24-22-,68-64+. The highest BCUT2D eigenvalue weighted by Gasteiger charge is 2.18. The Labute approximate surface area is 513 Å². The number of unbranched alkanes of at least 4 members (excludes halogenated alkanes) is 55. The van der Waals surface area contributed by atoms with Gasteiger partial charge in [0, 0.05) is 12.8 Å². The summed E-state index contributed by atoms with van der Waals surface area (Å²) in [5.74, 6) is -0.0459. The van der Waals surface area contributed by atoms with Crippen molar-refractivity contribution in [3.8, 4) is 0 Å². The summed E-state index contributed by atoms with van der Waals surface area (Å²) in [6.45, 7) is 4.92. The second-order valence-corrected chi connectivity index (χ2v) is 25.6. The van der Waals surface area contributed by atoms with E-state index in [2.05, 4.69) is 43.5 Å². The monoisotopic (exact) mass is 1150 g/mol. The predicted molar refractivity (Wildman–Crippen MR) is 361 cm³/mol. The molecule has 0 bridgehead atoms. The number of rotatable bonds is 70. The van der Waals surface area contributed by atoms with Crippen LogP contribution in [0, 0.1) is 0 Å². The molecule has 2 unspecified atom stereocenters. The van der Waals surface area contributed by atoms with Crippen molar-refractivity contribution in [1.29, 1.82) is 0 Å². The molecule has 6 heteroatoms. The second-order valence-electron chi connectivity index (χ2n) is 25.6. The molecule has 0 aliphatic carbocycles. The van der Waals surface area contributed by atoms with Crippen molar-refractivity contribution in [2.75, 3.05) is 13.2 Å². The zero-order valence-corrected chi connectivity index (χ0v) is 55.5. The zero-order valence-electron chi connectivity index (χ0n) is 55.5. The first-order valence-corrected chi connectivity index (χ1v) is 37.3. The fraction of sp³-hybridized carbons (Fsp3) is 0.895. The number of allylic oxidation sites excluding steroid dienone is 5. The van der Waals surface area contributed by atoms with Crippen LogP contribution in [0.4, 0.5) is 0 Å². The molecule has 2 atom stereocenters. The van der Waals surface area contributed by atoms with Crippen LogP contribution in [-0.2, 0) is 14.3 Å². The summed E-state index contributed by atoms with van der Waals surface area (Å²) in [4.78, 5) is 24.6. The topological polar surface area (TPSA) is 95.9 Å². The lowest BCUT2D eigenvalue weighted by atomic mass is 10.0. The number of amides is 1. The normalized spacial score (nSPS) is 12.7. The van der Waals surface area contributed by atoms with E-state index in [1.807, 2.05) is 6.08 Å². The highest BCUT2D eigenvalue weighted by atomic mass is 16.5. The van der Waals surface area contributed by atoms with E-state index < -0.39 is 12.1 Å². The molecule has 0 radical (unpaired) electrons. The van der Waals surface area contributed by atoms with Crippen molar-refractivity contribution >= 4 is 11.9 Å². The van der Waals surface area contributed by atoms with E-state index in [-0.39, 0.29) is 18.5 Å². The lowest BCUT2D eigenvalue weighted by Crippen LogP contribution is -2.45. The van der Waals surface area contributed by atoms with Gasteiger partial charge < -0.3 is 20.3 Å². The van der Waals surface area contributed by atoms with E-state index in [1.54, 1.807) is 6.08 Å². The van der Waals surface area contributed by atoms with Crippen LogP contribution >= 0.6 is 0 Å². The van der Waals surface area contributed by atoms with Crippen LogP contribution in [0.2, 0.25) is 0 Å². The van der Waals surface area contributed by atoms with Crippen molar-refractivity contribution in [2.45, 2.75) is 424 Å². The van der Waals surface area contributed by atoms with E-state index in [9.17, 15) is 19.8 Å². The zero-order chi connectivity index (χ0) is 59.2. The van der Waals surface area contributed by atoms with Crippen LogP contribution in [0.1, 0.15) is 412 Å². The van der Waals surface area contributed by atoms with Gasteiger partial charge in [-0.15, -0.1) is 0 Å². The molecular weight excluding hydrogens is 1010 g/mol. The van der Waals surface area contributed by atoms with Crippen LogP contribution < -0.4 is 5.32 Å². The van der Waals surface area contributed by atoms with Gasteiger partial charge in [0.15, 0.2) is 0 Å². The highest BCUT2D eigenvalue weighted by molar-refractivity contribution is 5.76. The number of hydrogen-bond donors (Lipinski definition) is 3. The van der Waals surface area contributed by atoms with Gasteiger partial charge in [0.05, 0.1) is 25.4 Å². The van der Waals surface area contributed by atoms with E-state index in [1.165, 1.54) is 340 Å². The first-order valence-electron chi connectivity index (χ1n) is 37.3. The molecule has 82 heavy (non-hydrogen) atoms. The third-order valence-corrected chi connectivity index (χ3v) is 17.4. The minimum atomic E-state index is -0.841. The van der Waals surface area contributed by atoms with Gasteiger partial charge in [-0.2, -0.15) is 0 Å². The summed E-state index contributed by atoms with van der Waals surface area (Å²) in [6, 6.07) is -0.624. The molecule has 484 valence electrons. The van der Waals surface area contributed by atoms with E-state index in [4.69, 9.17) is 4.74 Å². The lowest BCUT2D eigenvalue weighted by Gasteiger charge is -2.20. The van der Waals surface area contributed by atoms with Crippen LogP contribution in [0.25, 0.3) is 0 Å². The van der Waals surface area contributed by atoms with Crippen molar-refractivity contribution in [1.82, 2.24) is 5.32 Å². The Morgan fingerprint density at radius 1 is 0.329 bits per heavy atom. The van der Waals surface area contributed by atoms with Gasteiger partial charge in [-0.3, -0.25) is 9.59 Å². The Kier molecular flexibility index (Phi) is 69.9. The second kappa shape index (κ2) is 71.6. The summed E-state index contributed by atoms with van der Waals surface area (Å²) < 4.78 is 5.51. The number of aliphatic hydroxyl groups is 2. The average molecular weight is 1150 g/mol. The summed E-state index contributed by atoms with van der Waals surface area (Å²) in [7, 11) is 0.